The van der Waals surface area contributed by atoms with Gasteiger partial charge >= 0.3 is 5.91 Å². The fraction of sp³-hybridized carbons (Fsp3) is 0.179. The highest BCUT2D eigenvalue weighted by Gasteiger charge is 2.48. The summed E-state index contributed by atoms with van der Waals surface area (Å²) >= 11 is 1.09. The van der Waals surface area contributed by atoms with Crippen molar-refractivity contribution in [2.45, 2.75) is 19.9 Å². The number of nitrogens with zero attached hydrogens (tertiary/aromatic N) is 2. The first-order valence-electron chi connectivity index (χ1n) is 11.4. The molecule has 1 aromatic heterocycles. The lowest BCUT2D eigenvalue weighted by atomic mass is 9.93. The Balaban J connectivity index is 1.77. The van der Waals surface area contributed by atoms with Crippen molar-refractivity contribution in [3.63, 3.8) is 0 Å². The maximum atomic E-state index is 13.8. The highest BCUT2D eigenvalue weighted by Crippen LogP contribution is 2.45. The lowest BCUT2D eigenvalue weighted by Gasteiger charge is -2.23. The molecule has 0 spiro atoms. The summed E-state index contributed by atoms with van der Waals surface area (Å²) in [4.78, 5) is 32.7. The summed E-state index contributed by atoms with van der Waals surface area (Å²) in [5.74, 6) is -1.49. The first kappa shape index (κ1) is 24.5. The number of rotatable bonds is 5. The first-order chi connectivity index (χ1) is 17.7. The average molecular weight is 519 g/mol. The van der Waals surface area contributed by atoms with E-state index in [0.717, 1.165) is 22.5 Å². The topological polar surface area (TPSA) is 89.0 Å². The van der Waals surface area contributed by atoms with Gasteiger partial charge in [0.15, 0.2) is 5.13 Å². The Morgan fingerprint density at radius 3 is 2.43 bits per heavy atom. The number of amides is 1. The Morgan fingerprint density at radius 1 is 1.03 bits per heavy atom. The number of aliphatic hydroxyl groups excluding tert-OH is 1. The molecule has 1 N–H and O–H groups in total. The molecule has 1 atom stereocenters. The summed E-state index contributed by atoms with van der Waals surface area (Å²) in [7, 11) is 3.02. The fourth-order valence-corrected chi connectivity index (χ4v) is 5.68. The SMILES string of the molecule is COc1ccc(C2/C(=C(\O)c3cc(C)cc(C)c3OC)C(=O)C(=O)N2c2nc3ccc(F)cc3s2)cc1. The number of ketones is 1. The van der Waals surface area contributed by atoms with Crippen molar-refractivity contribution >= 4 is 44.1 Å². The molecule has 1 fully saturated rings. The summed E-state index contributed by atoms with van der Waals surface area (Å²) in [6.45, 7) is 3.70. The second-order valence-electron chi connectivity index (χ2n) is 8.71. The molecule has 1 saturated heterocycles. The maximum absolute atomic E-state index is 13.8. The van der Waals surface area contributed by atoms with Crippen LogP contribution in [0.25, 0.3) is 16.0 Å². The van der Waals surface area contributed by atoms with Crippen molar-refractivity contribution in [2.24, 2.45) is 0 Å². The van der Waals surface area contributed by atoms with E-state index in [-0.39, 0.29) is 16.5 Å². The number of Topliss-reactive ketones (excluding diaryl/α,β-unsaturated/α-hetero) is 1. The number of carbonyl (C=O) groups is 2. The van der Waals surface area contributed by atoms with Crippen LogP contribution in [0.5, 0.6) is 11.5 Å². The zero-order chi connectivity index (χ0) is 26.4. The molecule has 9 heteroatoms. The van der Waals surface area contributed by atoms with E-state index in [1.54, 1.807) is 30.3 Å². The van der Waals surface area contributed by atoms with E-state index < -0.39 is 23.5 Å². The molecule has 4 aromatic rings. The number of carbonyl (C=O) groups excluding carboxylic acids is 2. The molecule has 5 rings (SSSR count). The minimum absolute atomic E-state index is 0.0936. The monoisotopic (exact) mass is 518 g/mol. The van der Waals surface area contributed by atoms with Gasteiger partial charge in [-0.25, -0.2) is 9.37 Å². The van der Waals surface area contributed by atoms with Gasteiger partial charge in [0.05, 0.1) is 41.6 Å². The molecule has 1 aliphatic rings. The van der Waals surface area contributed by atoms with Gasteiger partial charge < -0.3 is 14.6 Å². The Hall–Kier alpha value is -4.24. The molecule has 2 heterocycles. The summed E-state index contributed by atoms with van der Waals surface area (Å²) in [6, 6.07) is 13.6. The molecule has 1 aliphatic heterocycles. The van der Waals surface area contributed by atoms with Crippen LogP contribution in [0.4, 0.5) is 9.52 Å². The summed E-state index contributed by atoms with van der Waals surface area (Å²) in [5.41, 5.74) is 2.89. The first-order valence-corrected chi connectivity index (χ1v) is 12.2. The minimum atomic E-state index is -0.984. The van der Waals surface area contributed by atoms with Crippen LogP contribution >= 0.6 is 11.3 Å². The van der Waals surface area contributed by atoms with Gasteiger partial charge in [0.2, 0.25) is 0 Å². The maximum Gasteiger partial charge on any atom is 0.301 e. The van der Waals surface area contributed by atoms with E-state index in [0.29, 0.717) is 32.8 Å². The van der Waals surface area contributed by atoms with Crippen LogP contribution < -0.4 is 14.4 Å². The molecule has 0 radical (unpaired) electrons. The van der Waals surface area contributed by atoms with Crippen LogP contribution in [0.2, 0.25) is 0 Å². The predicted octanol–water partition coefficient (Wildman–Crippen LogP) is 5.70. The number of aliphatic hydroxyl groups is 1. The van der Waals surface area contributed by atoms with E-state index in [2.05, 4.69) is 4.98 Å². The van der Waals surface area contributed by atoms with Crippen LogP contribution in [-0.4, -0.2) is 36.0 Å². The van der Waals surface area contributed by atoms with Gasteiger partial charge in [-0.15, -0.1) is 0 Å². The lowest BCUT2D eigenvalue weighted by molar-refractivity contribution is -0.132. The molecule has 37 heavy (non-hydrogen) atoms. The van der Waals surface area contributed by atoms with E-state index >= 15 is 0 Å². The van der Waals surface area contributed by atoms with Crippen molar-refractivity contribution in [1.29, 1.82) is 0 Å². The second-order valence-corrected chi connectivity index (χ2v) is 9.72. The van der Waals surface area contributed by atoms with Gasteiger partial charge in [-0.2, -0.15) is 0 Å². The smallest absolute Gasteiger partial charge is 0.301 e. The highest BCUT2D eigenvalue weighted by atomic mass is 32.1. The van der Waals surface area contributed by atoms with Crippen LogP contribution in [-0.2, 0) is 9.59 Å². The third kappa shape index (κ3) is 4.11. The number of benzene rings is 3. The van der Waals surface area contributed by atoms with Crippen LogP contribution in [0, 0.1) is 19.7 Å². The number of aryl methyl sites for hydroxylation is 2. The van der Waals surface area contributed by atoms with E-state index in [1.807, 2.05) is 19.9 Å². The third-order valence-electron chi connectivity index (χ3n) is 6.30. The molecular formula is C28H23FN2O5S. The van der Waals surface area contributed by atoms with Crippen molar-refractivity contribution in [1.82, 2.24) is 4.98 Å². The molecule has 0 saturated carbocycles. The number of methoxy groups -OCH3 is 2. The minimum Gasteiger partial charge on any atom is -0.507 e. The van der Waals surface area contributed by atoms with Crippen molar-refractivity contribution in [2.75, 3.05) is 19.1 Å². The molecular weight excluding hydrogens is 495 g/mol. The van der Waals surface area contributed by atoms with E-state index in [9.17, 15) is 19.1 Å². The Kier molecular flexibility index (Phi) is 6.16. The standard InChI is InChI=1S/C28H23FN2O5S/c1-14-11-15(2)26(36-4)19(12-14)24(32)22-23(16-5-8-18(35-3)9-6-16)31(27(34)25(22)33)28-30-20-10-7-17(29)13-21(20)37-28/h5-13,23,32H,1-4H3/b24-22+. The second kappa shape index (κ2) is 9.33. The fourth-order valence-electron chi connectivity index (χ4n) is 4.67. The van der Waals surface area contributed by atoms with Crippen LogP contribution in [0.15, 0.2) is 60.2 Å². The van der Waals surface area contributed by atoms with Crippen molar-refractivity contribution in [3.8, 4) is 11.5 Å². The Bertz CT molecular complexity index is 1590. The zero-order valence-electron chi connectivity index (χ0n) is 20.5. The van der Waals surface area contributed by atoms with Crippen molar-refractivity contribution in [3.05, 3.63) is 88.2 Å². The number of fused-ring (bicyclic) bond motifs is 1. The van der Waals surface area contributed by atoms with Crippen molar-refractivity contribution < 1.29 is 28.6 Å². The van der Waals surface area contributed by atoms with Gasteiger partial charge in [-0.05, 0) is 66.9 Å². The summed E-state index contributed by atoms with van der Waals surface area (Å²) < 4.78 is 25.2. The lowest BCUT2D eigenvalue weighted by Crippen LogP contribution is -2.29. The highest BCUT2D eigenvalue weighted by molar-refractivity contribution is 7.22. The van der Waals surface area contributed by atoms with E-state index in [4.69, 9.17) is 9.47 Å². The third-order valence-corrected chi connectivity index (χ3v) is 7.32. The number of halogens is 1. The molecule has 188 valence electrons. The molecule has 0 aliphatic carbocycles. The van der Waals surface area contributed by atoms with E-state index in [1.165, 1.54) is 37.3 Å². The molecule has 3 aromatic carbocycles. The number of thiazole rings is 1. The van der Waals surface area contributed by atoms with Gasteiger partial charge in [0.25, 0.3) is 5.78 Å². The Labute approximate surface area is 216 Å². The normalized spacial score (nSPS) is 17.0. The van der Waals surface area contributed by atoms with Gasteiger partial charge in [-0.3, -0.25) is 14.5 Å². The van der Waals surface area contributed by atoms with Crippen LogP contribution in [0.3, 0.4) is 0 Å². The quantitative estimate of drug-likeness (QED) is 0.207. The molecule has 0 bridgehead atoms. The zero-order valence-corrected chi connectivity index (χ0v) is 21.4. The number of hydrogen-bond acceptors (Lipinski definition) is 7. The predicted molar refractivity (Wildman–Crippen MR) is 140 cm³/mol. The largest absolute Gasteiger partial charge is 0.507 e. The Morgan fingerprint density at radius 2 is 1.76 bits per heavy atom. The van der Waals surface area contributed by atoms with Gasteiger partial charge in [0, 0.05) is 0 Å². The summed E-state index contributed by atoms with van der Waals surface area (Å²) in [6.07, 6.45) is 0. The molecule has 1 amide bonds. The number of ether oxygens (including phenoxy) is 2. The van der Waals surface area contributed by atoms with Crippen LogP contribution in [0.1, 0.15) is 28.3 Å². The van der Waals surface area contributed by atoms with Gasteiger partial charge in [-0.1, -0.05) is 29.5 Å². The number of hydrogen-bond donors (Lipinski definition) is 1. The average Bonchev–Trinajstić information content (AvgIpc) is 3.40. The number of anilines is 1. The van der Waals surface area contributed by atoms with Gasteiger partial charge in [0.1, 0.15) is 23.1 Å². The number of aromatic nitrogens is 1. The molecule has 1 unspecified atom stereocenters. The molecule has 7 nitrogen and oxygen atoms in total. The summed E-state index contributed by atoms with van der Waals surface area (Å²) in [5, 5.41) is 11.8.